The molecule has 0 amide bonds. The number of hydrogen-bond acceptors (Lipinski definition) is 6. The lowest BCUT2D eigenvalue weighted by Gasteiger charge is -2.42. The molecule has 2 heterocycles. The minimum atomic E-state index is -0.300. The summed E-state index contributed by atoms with van der Waals surface area (Å²) in [6.45, 7) is 14.5. The van der Waals surface area contributed by atoms with Crippen LogP contribution >= 0.6 is 11.3 Å². The molecule has 2 aromatic carbocycles. The summed E-state index contributed by atoms with van der Waals surface area (Å²) >= 11 is 1.89. The average Bonchev–Trinajstić information content (AvgIpc) is 3.47. The van der Waals surface area contributed by atoms with Crippen molar-refractivity contribution in [3.05, 3.63) is 64.0 Å². The van der Waals surface area contributed by atoms with Gasteiger partial charge < -0.3 is 23.7 Å². The summed E-state index contributed by atoms with van der Waals surface area (Å²) in [4.78, 5) is 1.37. The van der Waals surface area contributed by atoms with Gasteiger partial charge >= 0.3 is 0 Å². The van der Waals surface area contributed by atoms with Crippen molar-refractivity contribution in [3.63, 3.8) is 0 Å². The molecule has 5 nitrogen and oxygen atoms in total. The standard InChI is InChI=1S/C39H58O5S/c1-6-11-19-40-28-32-27-36(42-21-13-8-3)39(43-22-14-9-4)38(44-32)34-25-31(29(10-5)26-35(34)41-20-12-7-2)24-33-23-30-17-15-16-18-37(30)45-33/h15-18,23,25-26,32,36,38-39H,6-14,19-22,24,27-28H2,1-5H3/t32-,36-,38-,39+/m0/s1. The highest BCUT2D eigenvalue weighted by molar-refractivity contribution is 7.19. The van der Waals surface area contributed by atoms with Gasteiger partial charge in [-0.05, 0) is 72.9 Å². The number of aryl methyl sites for hydroxylation is 1. The number of benzene rings is 2. The van der Waals surface area contributed by atoms with Gasteiger partial charge in [0.15, 0.2) is 0 Å². The predicted molar refractivity (Wildman–Crippen MR) is 188 cm³/mol. The summed E-state index contributed by atoms with van der Waals surface area (Å²) in [5, 5.41) is 1.31. The SMILES string of the molecule is CCCCOC[C@@H]1C[C@H](OCCCC)[C@@H](OCCCC)[C@H](c2cc(Cc3cc4ccccc4s3)c(CC)cc2OCCCC)O1. The first-order valence-electron chi connectivity index (χ1n) is 17.8. The number of ether oxygens (including phenoxy) is 5. The van der Waals surface area contributed by atoms with E-state index >= 15 is 0 Å². The first kappa shape index (κ1) is 35.9. The van der Waals surface area contributed by atoms with Crippen molar-refractivity contribution >= 4 is 21.4 Å². The van der Waals surface area contributed by atoms with E-state index in [1.165, 1.54) is 26.1 Å². The Bertz CT molecular complexity index is 1220. The summed E-state index contributed by atoms with van der Waals surface area (Å²) < 4.78 is 34.4. The molecule has 4 rings (SSSR count). The smallest absolute Gasteiger partial charge is 0.125 e. The second-order valence-electron chi connectivity index (χ2n) is 12.4. The molecule has 1 aromatic heterocycles. The normalized spacial score (nSPS) is 20.2. The summed E-state index contributed by atoms with van der Waals surface area (Å²) in [6.07, 6.45) is 10.5. The Morgan fingerprint density at radius 2 is 1.49 bits per heavy atom. The minimum absolute atomic E-state index is 0.0627. The number of fused-ring (bicyclic) bond motifs is 1. The van der Waals surface area contributed by atoms with E-state index in [1.54, 1.807) is 0 Å². The molecule has 0 aliphatic carbocycles. The number of thiophene rings is 1. The van der Waals surface area contributed by atoms with Gasteiger partial charge in [0.1, 0.15) is 18.0 Å². The van der Waals surface area contributed by atoms with E-state index in [9.17, 15) is 0 Å². The quantitative estimate of drug-likeness (QED) is 0.109. The lowest BCUT2D eigenvalue weighted by molar-refractivity contribution is -0.213. The van der Waals surface area contributed by atoms with Crippen LogP contribution in [0, 0.1) is 0 Å². The Morgan fingerprint density at radius 3 is 2.22 bits per heavy atom. The highest BCUT2D eigenvalue weighted by Gasteiger charge is 2.42. The molecule has 1 aliphatic heterocycles. The van der Waals surface area contributed by atoms with Crippen LogP contribution in [0.3, 0.4) is 0 Å². The Hall–Kier alpha value is -1.96. The molecular formula is C39H58O5S. The van der Waals surface area contributed by atoms with Crippen LogP contribution in [0.4, 0.5) is 0 Å². The van der Waals surface area contributed by atoms with Crippen LogP contribution < -0.4 is 4.74 Å². The minimum Gasteiger partial charge on any atom is -0.493 e. The molecule has 6 heteroatoms. The molecular weight excluding hydrogens is 580 g/mol. The second kappa shape index (κ2) is 19.6. The maximum absolute atomic E-state index is 7.00. The zero-order chi connectivity index (χ0) is 31.9. The average molecular weight is 639 g/mol. The van der Waals surface area contributed by atoms with Crippen LogP contribution in [-0.4, -0.2) is 51.3 Å². The van der Waals surface area contributed by atoms with E-state index in [4.69, 9.17) is 23.7 Å². The number of hydrogen-bond donors (Lipinski definition) is 0. The molecule has 0 unspecified atom stereocenters. The molecule has 0 N–H and O–H groups in total. The van der Waals surface area contributed by atoms with Crippen LogP contribution in [0.25, 0.3) is 10.1 Å². The van der Waals surface area contributed by atoms with Crippen molar-refractivity contribution < 1.29 is 23.7 Å². The van der Waals surface area contributed by atoms with Gasteiger partial charge in [-0.1, -0.05) is 78.5 Å². The van der Waals surface area contributed by atoms with Crippen LogP contribution in [0.5, 0.6) is 5.75 Å². The van der Waals surface area contributed by atoms with E-state index in [-0.39, 0.29) is 24.4 Å². The molecule has 4 atom stereocenters. The van der Waals surface area contributed by atoms with Crippen molar-refractivity contribution in [1.29, 1.82) is 0 Å². The van der Waals surface area contributed by atoms with Gasteiger partial charge in [0.2, 0.25) is 0 Å². The van der Waals surface area contributed by atoms with Gasteiger partial charge in [0.05, 0.1) is 25.4 Å². The molecule has 1 aliphatic rings. The van der Waals surface area contributed by atoms with Crippen molar-refractivity contribution in [2.24, 2.45) is 0 Å². The first-order valence-corrected chi connectivity index (χ1v) is 18.7. The van der Waals surface area contributed by atoms with Crippen molar-refractivity contribution in [1.82, 2.24) is 0 Å². The zero-order valence-electron chi connectivity index (χ0n) is 28.6. The van der Waals surface area contributed by atoms with Crippen molar-refractivity contribution in [2.75, 3.05) is 33.0 Å². The fourth-order valence-electron chi connectivity index (χ4n) is 6.01. The van der Waals surface area contributed by atoms with Crippen LogP contribution in [0.1, 0.15) is 120 Å². The largest absolute Gasteiger partial charge is 0.493 e. The van der Waals surface area contributed by atoms with Gasteiger partial charge in [0, 0.05) is 47.8 Å². The molecule has 1 fully saturated rings. The van der Waals surface area contributed by atoms with E-state index in [1.807, 2.05) is 11.3 Å². The third kappa shape index (κ3) is 10.5. The van der Waals surface area contributed by atoms with Crippen molar-refractivity contribution in [3.8, 4) is 5.75 Å². The lowest BCUT2D eigenvalue weighted by atomic mass is 9.89. The third-order valence-electron chi connectivity index (χ3n) is 8.70. The summed E-state index contributed by atoms with van der Waals surface area (Å²) in [5.41, 5.74) is 3.75. The topological polar surface area (TPSA) is 46.2 Å². The monoisotopic (exact) mass is 638 g/mol. The van der Waals surface area contributed by atoms with Crippen molar-refractivity contribution in [2.45, 2.75) is 130 Å². The fraction of sp³-hybridized carbons (Fsp3) is 0.641. The second-order valence-corrected chi connectivity index (χ2v) is 13.6. The van der Waals surface area contributed by atoms with Crippen LogP contribution in [0.15, 0.2) is 42.5 Å². The highest BCUT2D eigenvalue weighted by atomic mass is 32.1. The Kier molecular flexibility index (Phi) is 15.7. The molecule has 250 valence electrons. The summed E-state index contributed by atoms with van der Waals surface area (Å²) in [6, 6.07) is 15.7. The Morgan fingerprint density at radius 1 is 0.778 bits per heavy atom. The van der Waals surface area contributed by atoms with Gasteiger partial charge in [-0.3, -0.25) is 0 Å². The molecule has 3 aromatic rings. The fourth-order valence-corrected chi connectivity index (χ4v) is 7.10. The Labute approximate surface area is 276 Å². The van der Waals surface area contributed by atoms with Gasteiger partial charge in [-0.2, -0.15) is 0 Å². The highest BCUT2D eigenvalue weighted by Crippen LogP contribution is 2.42. The number of unbranched alkanes of at least 4 members (excludes halogenated alkanes) is 4. The van der Waals surface area contributed by atoms with E-state index < -0.39 is 0 Å². The van der Waals surface area contributed by atoms with E-state index in [0.29, 0.717) is 19.8 Å². The van der Waals surface area contributed by atoms with Gasteiger partial charge in [-0.15, -0.1) is 11.3 Å². The van der Waals surface area contributed by atoms with Gasteiger partial charge in [0.25, 0.3) is 0 Å². The maximum atomic E-state index is 7.00. The lowest BCUT2D eigenvalue weighted by Crippen LogP contribution is -2.48. The molecule has 0 saturated carbocycles. The number of rotatable bonds is 21. The summed E-state index contributed by atoms with van der Waals surface area (Å²) in [5.74, 6) is 0.925. The zero-order valence-corrected chi connectivity index (χ0v) is 29.4. The molecule has 0 bridgehead atoms. The van der Waals surface area contributed by atoms with E-state index in [2.05, 4.69) is 77.1 Å². The van der Waals surface area contributed by atoms with Crippen LogP contribution in [0.2, 0.25) is 0 Å². The Balaban J connectivity index is 1.74. The van der Waals surface area contributed by atoms with E-state index in [0.717, 1.165) is 95.2 Å². The van der Waals surface area contributed by atoms with Crippen LogP contribution in [-0.2, 0) is 31.8 Å². The molecule has 1 saturated heterocycles. The summed E-state index contributed by atoms with van der Waals surface area (Å²) in [7, 11) is 0. The van der Waals surface area contributed by atoms with Gasteiger partial charge in [-0.25, -0.2) is 0 Å². The molecule has 0 spiro atoms. The molecule has 45 heavy (non-hydrogen) atoms. The molecule has 0 radical (unpaired) electrons. The first-order chi connectivity index (χ1) is 22.1. The predicted octanol–water partition coefficient (Wildman–Crippen LogP) is 10.3. The maximum Gasteiger partial charge on any atom is 0.125 e. The third-order valence-corrected chi connectivity index (χ3v) is 9.82.